The molecular formula is C15H18N2O2S. The average Bonchev–Trinajstić information content (AvgIpc) is 2.94. The number of hydrogen-bond acceptors (Lipinski definition) is 4. The van der Waals surface area contributed by atoms with Gasteiger partial charge in [0.2, 0.25) is 0 Å². The fraction of sp³-hybridized carbons (Fsp3) is 0.333. The van der Waals surface area contributed by atoms with Crippen molar-refractivity contribution in [2.45, 2.75) is 25.3 Å². The molecule has 0 amide bonds. The summed E-state index contributed by atoms with van der Waals surface area (Å²) >= 11 is 1.56. The van der Waals surface area contributed by atoms with Crippen molar-refractivity contribution in [1.29, 1.82) is 0 Å². The summed E-state index contributed by atoms with van der Waals surface area (Å²) in [6.45, 7) is 4.39. The number of benzene rings is 1. The van der Waals surface area contributed by atoms with Crippen LogP contribution in [-0.4, -0.2) is 22.6 Å². The van der Waals surface area contributed by atoms with Gasteiger partial charge in [-0.25, -0.2) is 4.98 Å². The molecule has 4 nitrogen and oxygen atoms in total. The van der Waals surface area contributed by atoms with E-state index in [1.807, 2.05) is 49.6 Å². The van der Waals surface area contributed by atoms with Gasteiger partial charge < -0.3 is 10.4 Å². The van der Waals surface area contributed by atoms with Gasteiger partial charge in [-0.1, -0.05) is 30.3 Å². The molecule has 0 spiro atoms. The Kier molecular flexibility index (Phi) is 4.52. The summed E-state index contributed by atoms with van der Waals surface area (Å²) in [6, 6.07) is 9.29. The number of aromatic nitrogens is 1. The number of nitrogens with one attached hydrogen (secondary N) is 1. The number of nitrogens with zero attached hydrogens (tertiary/aromatic N) is 1. The van der Waals surface area contributed by atoms with Gasteiger partial charge in [0.05, 0.1) is 11.5 Å². The highest BCUT2D eigenvalue weighted by molar-refractivity contribution is 7.09. The number of aliphatic carboxylic acids is 1. The standard InChI is InChI=1S/C15H18N2O2S/c1-15(2,14-16-8-9-20-14)17-10-12(13(18)19)11-6-4-3-5-7-11/h3-9,12,17H,10H2,1-2H3,(H,18,19). The average molecular weight is 290 g/mol. The van der Waals surface area contributed by atoms with Gasteiger partial charge in [-0.05, 0) is 19.4 Å². The van der Waals surface area contributed by atoms with Crippen LogP contribution >= 0.6 is 11.3 Å². The van der Waals surface area contributed by atoms with Gasteiger partial charge in [-0.3, -0.25) is 4.79 Å². The van der Waals surface area contributed by atoms with Crippen LogP contribution in [-0.2, 0) is 10.3 Å². The molecule has 1 unspecified atom stereocenters. The fourth-order valence-electron chi connectivity index (χ4n) is 2.00. The van der Waals surface area contributed by atoms with Crippen molar-refractivity contribution in [1.82, 2.24) is 10.3 Å². The number of carbonyl (C=O) groups is 1. The molecule has 5 heteroatoms. The lowest BCUT2D eigenvalue weighted by atomic mass is 9.97. The molecule has 2 rings (SSSR count). The highest BCUT2D eigenvalue weighted by Gasteiger charge is 2.27. The zero-order valence-corrected chi connectivity index (χ0v) is 12.4. The van der Waals surface area contributed by atoms with E-state index in [2.05, 4.69) is 10.3 Å². The Balaban J connectivity index is 2.09. The molecule has 0 saturated heterocycles. The third-order valence-corrected chi connectivity index (χ3v) is 4.31. The maximum absolute atomic E-state index is 11.5. The smallest absolute Gasteiger partial charge is 0.312 e. The van der Waals surface area contributed by atoms with Gasteiger partial charge in [0.25, 0.3) is 0 Å². The van der Waals surface area contributed by atoms with Crippen molar-refractivity contribution in [2.75, 3.05) is 6.54 Å². The molecule has 0 aliphatic carbocycles. The molecule has 1 heterocycles. The highest BCUT2D eigenvalue weighted by atomic mass is 32.1. The van der Waals surface area contributed by atoms with Gasteiger partial charge in [-0.15, -0.1) is 11.3 Å². The lowest BCUT2D eigenvalue weighted by Gasteiger charge is -2.26. The van der Waals surface area contributed by atoms with Crippen LogP contribution in [0.4, 0.5) is 0 Å². The Hall–Kier alpha value is -1.72. The minimum absolute atomic E-state index is 0.337. The lowest BCUT2D eigenvalue weighted by molar-refractivity contribution is -0.138. The van der Waals surface area contributed by atoms with Gasteiger partial charge in [0, 0.05) is 18.1 Å². The third kappa shape index (κ3) is 3.43. The first-order valence-electron chi connectivity index (χ1n) is 6.43. The van der Waals surface area contributed by atoms with E-state index in [0.717, 1.165) is 10.6 Å². The summed E-state index contributed by atoms with van der Waals surface area (Å²) in [5, 5.41) is 15.6. The maximum atomic E-state index is 11.5. The van der Waals surface area contributed by atoms with Crippen molar-refractivity contribution < 1.29 is 9.90 Å². The van der Waals surface area contributed by atoms with Crippen molar-refractivity contribution in [3.63, 3.8) is 0 Å². The third-order valence-electron chi connectivity index (χ3n) is 3.22. The predicted octanol–water partition coefficient (Wildman–Crippen LogP) is 2.84. The summed E-state index contributed by atoms with van der Waals surface area (Å²) in [5.41, 5.74) is 0.471. The quantitative estimate of drug-likeness (QED) is 0.858. The number of carboxylic acid groups (broad SMARTS) is 1. The van der Waals surface area contributed by atoms with E-state index < -0.39 is 11.9 Å². The van der Waals surface area contributed by atoms with Crippen LogP contribution in [0.2, 0.25) is 0 Å². The monoisotopic (exact) mass is 290 g/mol. The molecule has 106 valence electrons. The minimum atomic E-state index is -0.821. The van der Waals surface area contributed by atoms with Crippen LogP contribution < -0.4 is 5.32 Å². The van der Waals surface area contributed by atoms with Gasteiger partial charge in [-0.2, -0.15) is 0 Å². The molecule has 0 fully saturated rings. The van der Waals surface area contributed by atoms with Crippen LogP contribution in [0, 0.1) is 0 Å². The summed E-state index contributed by atoms with van der Waals surface area (Å²) in [5.74, 6) is -1.38. The van der Waals surface area contributed by atoms with E-state index >= 15 is 0 Å². The first-order chi connectivity index (χ1) is 9.50. The molecule has 0 aliphatic heterocycles. The summed E-state index contributed by atoms with van der Waals surface area (Å²) in [6.07, 6.45) is 1.76. The van der Waals surface area contributed by atoms with E-state index in [4.69, 9.17) is 0 Å². The van der Waals surface area contributed by atoms with E-state index in [9.17, 15) is 9.90 Å². The van der Waals surface area contributed by atoms with E-state index in [-0.39, 0.29) is 5.54 Å². The first-order valence-corrected chi connectivity index (χ1v) is 7.31. The highest BCUT2D eigenvalue weighted by Crippen LogP contribution is 2.23. The molecule has 1 aromatic heterocycles. The molecule has 0 bridgehead atoms. The fourth-order valence-corrected chi connectivity index (χ4v) is 2.74. The summed E-state index contributed by atoms with van der Waals surface area (Å²) < 4.78 is 0. The number of carboxylic acids is 1. The second-order valence-corrected chi connectivity index (χ2v) is 6.04. The molecule has 0 radical (unpaired) electrons. The van der Waals surface area contributed by atoms with Gasteiger partial charge in [0.15, 0.2) is 0 Å². The van der Waals surface area contributed by atoms with Crippen molar-refractivity contribution >= 4 is 17.3 Å². The minimum Gasteiger partial charge on any atom is -0.481 e. The number of thiazole rings is 1. The molecule has 20 heavy (non-hydrogen) atoms. The van der Waals surface area contributed by atoms with E-state index in [1.54, 1.807) is 17.5 Å². The van der Waals surface area contributed by atoms with Crippen LogP contribution in [0.15, 0.2) is 41.9 Å². The number of rotatable bonds is 6. The Morgan fingerprint density at radius 2 is 2.10 bits per heavy atom. The molecule has 1 atom stereocenters. The van der Waals surface area contributed by atoms with Gasteiger partial charge >= 0.3 is 5.97 Å². The first kappa shape index (κ1) is 14.7. The van der Waals surface area contributed by atoms with Crippen LogP contribution in [0.25, 0.3) is 0 Å². The second-order valence-electron chi connectivity index (χ2n) is 5.14. The van der Waals surface area contributed by atoms with Crippen molar-refractivity contribution in [3.05, 3.63) is 52.5 Å². The van der Waals surface area contributed by atoms with E-state index in [1.165, 1.54) is 0 Å². The normalized spacial score (nSPS) is 13.1. The molecule has 1 aromatic carbocycles. The predicted molar refractivity (Wildman–Crippen MR) is 80.0 cm³/mol. The van der Waals surface area contributed by atoms with Crippen LogP contribution in [0.5, 0.6) is 0 Å². The molecular weight excluding hydrogens is 272 g/mol. The maximum Gasteiger partial charge on any atom is 0.312 e. The second kappa shape index (κ2) is 6.15. The molecule has 0 saturated carbocycles. The SMILES string of the molecule is CC(C)(NCC(C(=O)O)c1ccccc1)c1nccs1. The zero-order chi connectivity index (χ0) is 14.6. The Morgan fingerprint density at radius 3 is 2.65 bits per heavy atom. The van der Waals surface area contributed by atoms with Crippen LogP contribution in [0.1, 0.15) is 30.3 Å². The summed E-state index contributed by atoms with van der Waals surface area (Å²) in [4.78, 5) is 15.7. The Labute approximate surface area is 122 Å². The molecule has 2 aromatic rings. The van der Waals surface area contributed by atoms with Gasteiger partial charge in [0.1, 0.15) is 5.01 Å². The largest absolute Gasteiger partial charge is 0.481 e. The Bertz CT molecular complexity index is 553. The molecule has 2 N–H and O–H groups in total. The van der Waals surface area contributed by atoms with E-state index in [0.29, 0.717) is 6.54 Å². The topological polar surface area (TPSA) is 62.2 Å². The Morgan fingerprint density at radius 1 is 1.40 bits per heavy atom. The number of hydrogen-bond donors (Lipinski definition) is 2. The van der Waals surface area contributed by atoms with Crippen molar-refractivity contribution in [3.8, 4) is 0 Å². The van der Waals surface area contributed by atoms with Crippen LogP contribution in [0.3, 0.4) is 0 Å². The summed E-state index contributed by atoms with van der Waals surface area (Å²) in [7, 11) is 0. The lowest BCUT2D eigenvalue weighted by Crippen LogP contribution is -2.40. The molecule has 0 aliphatic rings. The van der Waals surface area contributed by atoms with Crippen molar-refractivity contribution in [2.24, 2.45) is 0 Å². The zero-order valence-electron chi connectivity index (χ0n) is 11.5.